The van der Waals surface area contributed by atoms with Crippen LogP contribution in [0.3, 0.4) is 0 Å². The van der Waals surface area contributed by atoms with Gasteiger partial charge in [0.25, 0.3) is 0 Å². The maximum absolute atomic E-state index is 4.14. The smallest absolute Gasteiger partial charge is 0.0462 e. The molecule has 3 rings (SSSR count). The van der Waals surface area contributed by atoms with Gasteiger partial charge in [-0.3, -0.25) is 4.99 Å². The highest BCUT2D eigenvalue weighted by Crippen LogP contribution is 2.24. The molecule has 0 amide bonds. The Balaban J connectivity index is 2.37. The standard InChI is InChI=1S/C12H10N2/c1-2-4-11-9(3-1)10-5-7-13-8-6-12(10)14-11/h1-5,7-8,14H,6H2. The lowest BCUT2D eigenvalue weighted by molar-refractivity contribution is 1.22. The first-order valence-electron chi connectivity index (χ1n) is 4.73. The predicted octanol–water partition coefficient (Wildman–Crippen LogP) is 2.77. The number of rotatable bonds is 0. The van der Waals surface area contributed by atoms with Crippen molar-refractivity contribution in [3.63, 3.8) is 0 Å². The third kappa shape index (κ3) is 1.01. The summed E-state index contributed by atoms with van der Waals surface area (Å²) < 4.78 is 0. The Morgan fingerprint density at radius 3 is 3.14 bits per heavy atom. The molecule has 1 aromatic heterocycles. The summed E-state index contributed by atoms with van der Waals surface area (Å²) in [6.45, 7) is 0. The van der Waals surface area contributed by atoms with E-state index in [9.17, 15) is 0 Å². The summed E-state index contributed by atoms with van der Waals surface area (Å²) in [4.78, 5) is 7.55. The van der Waals surface area contributed by atoms with Crippen molar-refractivity contribution in [2.24, 2.45) is 4.99 Å². The van der Waals surface area contributed by atoms with E-state index in [1.165, 1.54) is 22.2 Å². The van der Waals surface area contributed by atoms with E-state index in [0.717, 1.165) is 6.42 Å². The lowest BCUT2D eigenvalue weighted by atomic mass is 10.1. The first kappa shape index (κ1) is 7.56. The van der Waals surface area contributed by atoms with Crippen molar-refractivity contribution in [1.82, 2.24) is 4.98 Å². The van der Waals surface area contributed by atoms with Crippen molar-refractivity contribution >= 4 is 23.2 Å². The van der Waals surface area contributed by atoms with Gasteiger partial charge in [0.05, 0.1) is 0 Å². The molecule has 0 saturated carbocycles. The Labute approximate surface area is 82.0 Å². The van der Waals surface area contributed by atoms with Crippen molar-refractivity contribution < 1.29 is 0 Å². The summed E-state index contributed by atoms with van der Waals surface area (Å²) in [6, 6.07) is 8.36. The zero-order valence-corrected chi connectivity index (χ0v) is 7.70. The Morgan fingerprint density at radius 1 is 1.21 bits per heavy atom. The lowest BCUT2D eigenvalue weighted by Crippen LogP contribution is -1.86. The fraction of sp³-hybridized carbons (Fsp3) is 0.0833. The minimum Gasteiger partial charge on any atom is -0.358 e. The summed E-state index contributed by atoms with van der Waals surface area (Å²) >= 11 is 0. The van der Waals surface area contributed by atoms with Gasteiger partial charge in [-0.05, 0) is 12.1 Å². The number of aromatic nitrogens is 1. The van der Waals surface area contributed by atoms with E-state index in [2.05, 4.69) is 40.3 Å². The van der Waals surface area contributed by atoms with Crippen LogP contribution in [-0.4, -0.2) is 11.2 Å². The van der Waals surface area contributed by atoms with Gasteiger partial charge in [-0.2, -0.15) is 0 Å². The fourth-order valence-electron chi connectivity index (χ4n) is 1.89. The maximum Gasteiger partial charge on any atom is 0.0462 e. The van der Waals surface area contributed by atoms with Gasteiger partial charge >= 0.3 is 0 Å². The van der Waals surface area contributed by atoms with E-state index >= 15 is 0 Å². The molecule has 1 aliphatic rings. The van der Waals surface area contributed by atoms with Crippen molar-refractivity contribution in [3.05, 3.63) is 41.7 Å². The van der Waals surface area contributed by atoms with E-state index in [1.54, 1.807) is 0 Å². The van der Waals surface area contributed by atoms with Gasteiger partial charge < -0.3 is 4.98 Å². The van der Waals surface area contributed by atoms with Gasteiger partial charge in [-0.25, -0.2) is 0 Å². The first-order chi connectivity index (χ1) is 6.95. The Morgan fingerprint density at radius 2 is 2.14 bits per heavy atom. The molecule has 2 aromatic rings. The van der Waals surface area contributed by atoms with Gasteiger partial charge in [-0.1, -0.05) is 18.2 Å². The SMILES string of the molecule is C1=Cc2c([nH]c3ccccc23)CC=N1. The first-order valence-corrected chi connectivity index (χ1v) is 4.73. The van der Waals surface area contributed by atoms with Gasteiger partial charge in [0, 0.05) is 41.0 Å². The highest BCUT2D eigenvalue weighted by Gasteiger charge is 2.08. The number of benzene rings is 1. The molecule has 0 atom stereocenters. The van der Waals surface area contributed by atoms with Crippen LogP contribution in [0.25, 0.3) is 17.0 Å². The molecule has 0 unspecified atom stereocenters. The van der Waals surface area contributed by atoms with Crippen LogP contribution in [0.15, 0.2) is 35.5 Å². The molecule has 0 bridgehead atoms. The van der Waals surface area contributed by atoms with Gasteiger partial charge in [0.15, 0.2) is 0 Å². The summed E-state index contributed by atoms with van der Waals surface area (Å²) in [6.07, 6.45) is 6.73. The van der Waals surface area contributed by atoms with Gasteiger partial charge in [-0.15, -0.1) is 0 Å². The van der Waals surface area contributed by atoms with Crippen LogP contribution in [0.5, 0.6) is 0 Å². The van der Waals surface area contributed by atoms with Crippen LogP contribution in [0.2, 0.25) is 0 Å². The molecular weight excluding hydrogens is 172 g/mol. The number of fused-ring (bicyclic) bond motifs is 3. The number of aliphatic imine (C=N–C) groups is 1. The topological polar surface area (TPSA) is 28.1 Å². The van der Waals surface area contributed by atoms with Crippen LogP contribution in [0.4, 0.5) is 0 Å². The molecule has 0 spiro atoms. The molecule has 0 aliphatic carbocycles. The summed E-state index contributed by atoms with van der Waals surface area (Å²) in [5, 5.41) is 1.28. The molecule has 1 aromatic carbocycles. The molecular formula is C12H10N2. The van der Waals surface area contributed by atoms with Crippen molar-refractivity contribution in [1.29, 1.82) is 0 Å². The van der Waals surface area contributed by atoms with Gasteiger partial charge in [0.2, 0.25) is 0 Å². The normalized spacial score (nSPS) is 14.3. The average molecular weight is 182 g/mol. The summed E-state index contributed by atoms with van der Waals surface area (Å²) in [5.74, 6) is 0. The molecule has 68 valence electrons. The molecule has 14 heavy (non-hydrogen) atoms. The summed E-state index contributed by atoms with van der Waals surface area (Å²) in [5.41, 5.74) is 3.74. The second-order valence-corrected chi connectivity index (χ2v) is 3.41. The zero-order valence-electron chi connectivity index (χ0n) is 7.70. The minimum absolute atomic E-state index is 0.886. The number of aromatic amines is 1. The third-order valence-electron chi connectivity index (χ3n) is 2.56. The van der Waals surface area contributed by atoms with Crippen LogP contribution in [0, 0.1) is 0 Å². The fourth-order valence-corrected chi connectivity index (χ4v) is 1.89. The number of nitrogens with zero attached hydrogens (tertiary/aromatic N) is 1. The van der Waals surface area contributed by atoms with E-state index in [-0.39, 0.29) is 0 Å². The number of nitrogens with one attached hydrogen (secondary N) is 1. The lowest BCUT2D eigenvalue weighted by Gasteiger charge is -1.91. The molecule has 0 saturated heterocycles. The number of hydrogen-bond donors (Lipinski definition) is 1. The number of H-pyrrole nitrogens is 1. The molecule has 0 fully saturated rings. The van der Waals surface area contributed by atoms with Crippen LogP contribution < -0.4 is 0 Å². The Bertz CT molecular complexity index is 532. The molecule has 2 nitrogen and oxygen atoms in total. The van der Waals surface area contributed by atoms with Crippen LogP contribution >= 0.6 is 0 Å². The highest BCUT2D eigenvalue weighted by atomic mass is 14.7. The molecule has 1 N–H and O–H groups in total. The summed E-state index contributed by atoms with van der Waals surface area (Å²) in [7, 11) is 0. The predicted molar refractivity (Wildman–Crippen MR) is 59.5 cm³/mol. The van der Waals surface area contributed by atoms with Gasteiger partial charge in [0.1, 0.15) is 0 Å². The van der Waals surface area contributed by atoms with E-state index in [4.69, 9.17) is 0 Å². The van der Waals surface area contributed by atoms with Crippen molar-refractivity contribution in [2.75, 3.05) is 0 Å². The van der Waals surface area contributed by atoms with Crippen molar-refractivity contribution in [2.45, 2.75) is 6.42 Å². The zero-order chi connectivity index (χ0) is 9.38. The quantitative estimate of drug-likeness (QED) is 0.649. The van der Waals surface area contributed by atoms with E-state index in [0.29, 0.717) is 0 Å². The maximum atomic E-state index is 4.14. The third-order valence-corrected chi connectivity index (χ3v) is 2.56. The molecule has 2 heterocycles. The molecule has 1 aliphatic heterocycles. The molecule has 0 radical (unpaired) electrons. The minimum atomic E-state index is 0.886. The Hall–Kier alpha value is -1.83. The Kier molecular flexibility index (Phi) is 1.53. The van der Waals surface area contributed by atoms with Crippen LogP contribution in [-0.2, 0) is 6.42 Å². The highest BCUT2D eigenvalue weighted by molar-refractivity contribution is 5.92. The second-order valence-electron chi connectivity index (χ2n) is 3.41. The van der Waals surface area contributed by atoms with Crippen LogP contribution in [0.1, 0.15) is 11.3 Å². The average Bonchev–Trinajstić information content (AvgIpc) is 2.42. The number of para-hydroxylation sites is 1. The monoisotopic (exact) mass is 182 g/mol. The van der Waals surface area contributed by atoms with E-state index in [1.807, 2.05) is 12.4 Å². The number of hydrogen-bond acceptors (Lipinski definition) is 1. The van der Waals surface area contributed by atoms with Crippen molar-refractivity contribution in [3.8, 4) is 0 Å². The molecule has 2 heteroatoms. The van der Waals surface area contributed by atoms with E-state index < -0.39 is 0 Å². The second kappa shape index (κ2) is 2.84. The largest absolute Gasteiger partial charge is 0.358 e.